The van der Waals surface area contributed by atoms with Crippen molar-refractivity contribution in [2.45, 2.75) is 55.5 Å². The number of rotatable bonds is 11. The maximum absolute atomic E-state index is 10.3. The molecule has 0 amide bonds. The molecule has 0 radical (unpaired) electrons. The monoisotopic (exact) mass is 405 g/mol. The van der Waals surface area contributed by atoms with Crippen LogP contribution in [0.2, 0.25) is 0 Å². The quantitative estimate of drug-likeness (QED) is 0.575. The van der Waals surface area contributed by atoms with Crippen LogP contribution in [0.15, 0.2) is 23.4 Å². The molecule has 2 aliphatic rings. The molecule has 1 heterocycles. The van der Waals surface area contributed by atoms with Crippen molar-refractivity contribution in [1.82, 2.24) is 14.8 Å². The predicted octanol–water partition coefficient (Wildman–Crippen LogP) is 3.18. The fraction of sp³-hybridized carbons (Fsp3) is 0.600. The fourth-order valence-electron chi connectivity index (χ4n) is 3.18. The number of ether oxygens (including phenoxy) is 3. The molecule has 7 nitrogen and oxygen atoms in total. The smallest absolute Gasteiger partial charge is 0.191 e. The SMILES string of the molecule is COc1ccc(COCC(O)CSc2nnc(C3CC3)n2C2CC2)cc1OC. The first-order valence-corrected chi connectivity index (χ1v) is 10.7. The Bertz CT molecular complexity index is 805. The summed E-state index contributed by atoms with van der Waals surface area (Å²) in [7, 11) is 3.22. The van der Waals surface area contributed by atoms with Gasteiger partial charge in [-0.1, -0.05) is 17.8 Å². The molecule has 0 saturated heterocycles. The third-order valence-corrected chi connectivity index (χ3v) is 6.07. The summed E-state index contributed by atoms with van der Waals surface area (Å²) in [6, 6.07) is 6.23. The van der Waals surface area contributed by atoms with E-state index in [2.05, 4.69) is 14.8 Å². The topological polar surface area (TPSA) is 78.6 Å². The lowest BCUT2D eigenvalue weighted by Crippen LogP contribution is -2.18. The highest BCUT2D eigenvalue weighted by Gasteiger charge is 2.36. The largest absolute Gasteiger partial charge is 0.493 e. The predicted molar refractivity (Wildman–Crippen MR) is 106 cm³/mol. The Balaban J connectivity index is 1.25. The van der Waals surface area contributed by atoms with Crippen molar-refractivity contribution in [3.8, 4) is 11.5 Å². The number of benzene rings is 1. The molecule has 1 unspecified atom stereocenters. The lowest BCUT2D eigenvalue weighted by Gasteiger charge is -2.13. The van der Waals surface area contributed by atoms with Crippen LogP contribution in [0.1, 0.15) is 49.0 Å². The molecule has 1 N–H and O–H groups in total. The lowest BCUT2D eigenvalue weighted by molar-refractivity contribution is 0.0397. The molecule has 0 spiro atoms. The van der Waals surface area contributed by atoms with Gasteiger partial charge in [0.1, 0.15) is 5.82 Å². The van der Waals surface area contributed by atoms with Crippen molar-refractivity contribution in [2.75, 3.05) is 26.6 Å². The van der Waals surface area contributed by atoms with E-state index in [1.807, 2.05) is 18.2 Å². The van der Waals surface area contributed by atoms with Crippen molar-refractivity contribution in [3.05, 3.63) is 29.6 Å². The van der Waals surface area contributed by atoms with E-state index in [1.165, 1.54) is 25.7 Å². The van der Waals surface area contributed by atoms with Gasteiger partial charge in [0.05, 0.1) is 33.5 Å². The standard InChI is InChI=1S/C20H27N3O4S/c1-25-17-8-3-13(9-18(17)26-2)10-27-11-16(24)12-28-20-22-21-19(14-4-5-14)23(20)15-6-7-15/h3,8-9,14-16,24H,4-7,10-12H2,1-2H3. The van der Waals surface area contributed by atoms with E-state index in [4.69, 9.17) is 14.2 Å². The van der Waals surface area contributed by atoms with Gasteiger partial charge in [0, 0.05) is 17.7 Å². The Morgan fingerprint density at radius 3 is 2.61 bits per heavy atom. The summed E-state index contributed by atoms with van der Waals surface area (Å²) in [5.74, 6) is 3.64. The third-order valence-electron chi connectivity index (χ3n) is 4.98. The Kier molecular flexibility index (Phi) is 6.08. The lowest BCUT2D eigenvalue weighted by atomic mass is 10.2. The van der Waals surface area contributed by atoms with Crippen LogP contribution in [0.25, 0.3) is 0 Å². The molecule has 2 aromatic rings. The second-order valence-electron chi connectivity index (χ2n) is 7.39. The molecule has 2 saturated carbocycles. The van der Waals surface area contributed by atoms with Gasteiger partial charge in [0.25, 0.3) is 0 Å². The molecular weight excluding hydrogens is 378 g/mol. The average Bonchev–Trinajstić information content (AvgIpc) is 3.65. The van der Waals surface area contributed by atoms with Crippen molar-refractivity contribution in [1.29, 1.82) is 0 Å². The van der Waals surface area contributed by atoms with Crippen LogP contribution in [-0.4, -0.2) is 52.6 Å². The molecule has 28 heavy (non-hydrogen) atoms. The number of methoxy groups -OCH3 is 2. The molecule has 1 aromatic carbocycles. The van der Waals surface area contributed by atoms with Crippen LogP contribution in [0.3, 0.4) is 0 Å². The summed E-state index contributed by atoms with van der Waals surface area (Å²) >= 11 is 1.57. The van der Waals surface area contributed by atoms with E-state index in [0.717, 1.165) is 16.5 Å². The number of thioether (sulfide) groups is 1. The normalized spacial score (nSPS) is 17.5. The zero-order chi connectivity index (χ0) is 19.5. The molecule has 152 valence electrons. The third kappa shape index (κ3) is 4.61. The highest BCUT2D eigenvalue weighted by atomic mass is 32.2. The highest BCUT2D eigenvalue weighted by Crippen LogP contribution is 2.46. The van der Waals surface area contributed by atoms with Gasteiger partial charge in [0.15, 0.2) is 16.7 Å². The summed E-state index contributed by atoms with van der Waals surface area (Å²) < 4.78 is 18.5. The second kappa shape index (κ2) is 8.71. The van der Waals surface area contributed by atoms with E-state index >= 15 is 0 Å². The van der Waals surface area contributed by atoms with Crippen LogP contribution in [-0.2, 0) is 11.3 Å². The Morgan fingerprint density at radius 2 is 1.93 bits per heavy atom. The van der Waals surface area contributed by atoms with Crippen molar-refractivity contribution in [2.24, 2.45) is 0 Å². The van der Waals surface area contributed by atoms with Gasteiger partial charge in [-0.15, -0.1) is 10.2 Å². The molecule has 8 heteroatoms. The van der Waals surface area contributed by atoms with Gasteiger partial charge >= 0.3 is 0 Å². The zero-order valence-corrected chi connectivity index (χ0v) is 17.2. The number of aliphatic hydroxyl groups is 1. The van der Waals surface area contributed by atoms with Crippen molar-refractivity contribution < 1.29 is 19.3 Å². The van der Waals surface area contributed by atoms with Crippen LogP contribution in [0.4, 0.5) is 0 Å². The van der Waals surface area contributed by atoms with Gasteiger partial charge in [-0.2, -0.15) is 0 Å². The number of hydrogen-bond acceptors (Lipinski definition) is 7. The Labute approximate surface area is 169 Å². The van der Waals surface area contributed by atoms with Gasteiger partial charge < -0.3 is 23.9 Å². The number of aromatic nitrogens is 3. The highest BCUT2D eigenvalue weighted by molar-refractivity contribution is 7.99. The van der Waals surface area contributed by atoms with Crippen molar-refractivity contribution >= 4 is 11.8 Å². The zero-order valence-electron chi connectivity index (χ0n) is 16.3. The number of aliphatic hydroxyl groups excluding tert-OH is 1. The average molecular weight is 406 g/mol. The molecule has 0 bridgehead atoms. The van der Waals surface area contributed by atoms with Crippen LogP contribution >= 0.6 is 11.8 Å². The number of nitrogens with zero attached hydrogens (tertiary/aromatic N) is 3. The van der Waals surface area contributed by atoms with E-state index < -0.39 is 6.10 Å². The maximum Gasteiger partial charge on any atom is 0.191 e. The first-order valence-electron chi connectivity index (χ1n) is 9.74. The Morgan fingerprint density at radius 1 is 1.14 bits per heavy atom. The maximum atomic E-state index is 10.3. The number of hydrogen-bond donors (Lipinski definition) is 1. The summed E-state index contributed by atoms with van der Waals surface area (Å²) in [4.78, 5) is 0. The summed E-state index contributed by atoms with van der Waals surface area (Å²) in [6.07, 6.45) is 4.31. The van der Waals surface area contributed by atoms with Gasteiger partial charge in [0.2, 0.25) is 0 Å². The van der Waals surface area contributed by atoms with E-state index in [1.54, 1.807) is 26.0 Å². The van der Waals surface area contributed by atoms with Crippen LogP contribution in [0, 0.1) is 0 Å². The summed E-state index contributed by atoms with van der Waals surface area (Å²) in [5.41, 5.74) is 0.972. The van der Waals surface area contributed by atoms with Gasteiger partial charge in [-0.25, -0.2) is 0 Å². The molecular formula is C20H27N3O4S. The van der Waals surface area contributed by atoms with Gasteiger partial charge in [-0.05, 0) is 43.4 Å². The minimum Gasteiger partial charge on any atom is -0.493 e. The first-order chi connectivity index (χ1) is 13.7. The first kappa shape index (κ1) is 19.5. The minimum atomic E-state index is -0.557. The van der Waals surface area contributed by atoms with E-state index in [-0.39, 0.29) is 6.61 Å². The molecule has 2 aliphatic carbocycles. The minimum absolute atomic E-state index is 0.272. The van der Waals surface area contributed by atoms with Gasteiger partial charge in [-0.3, -0.25) is 0 Å². The molecule has 0 aliphatic heterocycles. The Hall–Kier alpha value is -1.77. The molecule has 1 aromatic heterocycles. The van der Waals surface area contributed by atoms with Crippen LogP contribution in [0.5, 0.6) is 11.5 Å². The van der Waals surface area contributed by atoms with Crippen LogP contribution < -0.4 is 9.47 Å². The fourth-order valence-corrected chi connectivity index (χ4v) is 4.10. The van der Waals surface area contributed by atoms with E-state index in [0.29, 0.717) is 35.8 Å². The second-order valence-corrected chi connectivity index (χ2v) is 8.37. The summed E-state index contributed by atoms with van der Waals surface area (Å²) in [5, 5.41) is 20.0. The molecule has 2 fully saturated rings. The van der Waals surface area contributed by atoms with E-state index in [9.17, 15) is 5.11 Å². The molecule has 1 atom stereocenters. The summed E-state index contributed by atoms with van der Waals surface area (Å²) in [6.45, 7) is 0.681. The van der Waals surface area contributed by atoms with Crippen molar-refractivity contribution in [3.63, 3.8) is 0 Å². The molecule has 4 rings (SSSR count).